The molecule has 0 saturated carbocycles. The summed E-state index contributed by atoms with van der Waals surface area (Å²) < 4.78 is 6.66. The maximum Gasteiger partial charge on any atom is 0.227 e. The normalized spacial score (nSPS) is 10.9. The topological polar surface area (TPSA) is 35.0 Å². The Labute approximate surface area is 136 Å². The fourth-order valence-corrected chi connectivity index (χ4v) is 2.38. The molecule has 0 aliphatic rings. The highest BCUT2D eigenvalue weighted by Crippen LogP contribution is 2.34. The van der Waals surface area contributed by atoms with E-state index in [9.17, 15) is 0 Å². The molecule has 1 aromatic carbocycles. The van der Waals surface area contributed by atoms with Crippen LogP contribution < -0.4 is 4.74 Å². The predicted octanol–water partition coefficient (Wildman–Crippen LogP) is 5.77. The highest BCUT2D eigenvalue weighted by atomic mass is 79.9. The minimum Gasteiger partial charge on any atom is -0.437 e. The van der Waals surface area contributed by atoms with Crippen molar-refractivity contribution in [3.05, 3.63) is 44.2 Å². The molecule has 0 aliphatic heterocycles. The van der Waals surface area contributed by atoms with Gasteiger partial charge in [-0.1, -0.05) is 53.0 Å². The lowest BCUT2D eigenvalue weighted by Crippen LogP contribution is -2.02. The molecule has 20 heavy (non-hydrogen) atoms. The summed E-state index contributed by atoms with van der Waals surface area (Å²) in [6, 6.07) is 5.39. The first-order valence-electron chi connectivity index (χ1n) is 6.05. The van der Waals surface area contributed by atoms with Crippen LogP contribution in [0.25, 0.3) is 0 Å². The number of halogens is 3. The smallest absolute Gasteiger partial charge is 0.227 e. The molecule has 0 atom stereocenters. The van der Waals surface area contributed by atoms with Gasteiger partial charge >= 0.3 is 0 Å². The van der Waals surface area contributed by atoms with E-state index in [4.69, 9.17) is 27.9 Å². The number of hydrogen-bond acceptors (Lipinski definition) is 3. The van der Waals surface area contributed by atoms with E-state index in [-0.39, 0.29) is 5.92 Å². The van der Waals surface area contributed by atoms with E-state index in [1.165, 1.54) is 0 Å². The van der Waals surface area contributed by atoms with Crippen molar-refractivity contribution in [2.24, 2.45) is 0 Å². The van der Waals surface area contributed by atoms with Gasteiger partial charge in [0.15, 0.2) is 0 Å². The Morgan fingerprint density at radius 3 is 2.50 bits per heavy atom. The van der Waals surface area contributed by atoms with Crippen LogP contribution in [0.4, 0.5) is 0 Å². The zero-order valence-corrected chi connectivity index (χ0v) is 14.3. The second kappa shape index (κ2) is 6.29. The fraction of sp³-hybridized carbons (Fsp3) is 0.286. The molecule has 1 heterocycles. The SMILES string of the molecule is Cc1c(Cl)nc(C(C)C)nc1Oc1ccc(Br)cc1Cl. The van der Waals surface area contributed by atoms with Crippen LogP contribution in [0.3, 0.4) is 0 Å². The summed E-state index contributed by atoms with van der Waals surface area (Å²) in [5.41, 5.74) is 0.690. The maximum absolute atomic E-state index is 6.14. The summed E-state index contributed by atoms with van der Waals surface area (Å²) in [5, 5.41) is 0.895. The van der Waals surface area contributed by atoms with E-state index in [0.717, 1.165) is 4.47 Å². The molecule has 1 aromatic heterocycles. The first kappa shape index (κ1) is 15.5. The minimum absolute atomic E-state index is 0.163. The van der Waals surface area contributed by atoms with Gasteiger partial charge in [-0.05, 0) is 25.1 Å². The van der Waals surface area contributed by atoms with E-state index >= 15 is 0 Å². The average Bonchev–Trinajstić information content (AvgIpc) is 2.37. The van der Waals surface area contributed by atoms with Crippen molar-refractivity contribution in [3.8, 4) is 11.6 Å². The van der Waals surface area contributed by atoms with Crippen LogP contribution in [-0.4, -0.2) is 9.97 Å². The van der Waals surface area contributed by atoms with Gasteiger partial charge in [0.2, 0.25) is 5.88 Å². The fourth-order valence-electron chi connectivity index (χ4n) is 1.51. The van der Waals surface area contributed by atoms with Crippen LogP contribution in [0.2, 0.25) is 10.2 Å². The molecule has 2 aromatic rings. The molecule has 3 nitrogen and oxygen atoms in total. The molecule has 0 saturated heterocycles. The van der Waals surface area contributed by atoms with Crippen molar-refractivity contribution in [1.29, 1.82) is 0 Å². The van der Waals surface area contributed by atoms with Gasteiger partial charge < -0.3 is 4.74 Å². The molecule has 0 unspecified atom stereocenters. The molecule has 2 rings (SSSR count). The summed E-state index contributed by atoms with van der Waals surface area (Å²) in [5.74, 6) is 1.76. The van der Waals surface area contributed by atoms with Crippen molar-refractivity contribution in [2.45, 2.75) is 26.7 Å². The summed E-state index contributed by atoms with van der Waals surface area (Å²) in [6.45, 7) is 5.81. The van der Waals surface area contributed by atoms with Crippen LogP contribution in [0.5, 0.6) is 11.6 Å². The number of ether oxygens (including phenoxy) is 1. The highest BCUT2D eigenvalue weighted by Gasteiger charge is 2.14. The zero-order valence-electron chi connectivity index (χ0n) is 11.2. The number of aromatic nitrogens is 2. The third kappa shape index (κ3) is 3.43. The van der Waals surface area contributed by atoms with E-state index in [0.29, 0.717) is 33.2 Å². The lowest BCUT2D eigenvalue weighted by molar-refractivity contribution is 0.453. The molecular weight excluding hydrogens is 363 g/mol. The highest BCUT2D eigenvalue weighted by molar-refractivity contribution is 9.10. The lowest BCUT2D eigenvalue weighted by atomic mass is 10.2. The molecule has 0 N–H and O–H groups in total. The number of rotatable bonds is 3. The van der Waals surface area contributed by atoms with E-state index < -0.39 is 0 Å². The summed E-state index contributed by atoms with van der Waals surface area (Å²) in [7, 11) is 0. The summed E-state index contributed by atoms with van der Waals surface area (Å²) in [4.78, 5) is 8.65. The molecule has 0 amide bonds. The van der Waals surface area contributed by atoms with Crippen molar-refractivity contribution in [3.63, 3.8) is 0 Å². The van der Waals surface area contributed by atoms with Gasteiger partial charge in [0.25, 0.3) is 0 Å². The first-order chi connectivity index (χ1) is 9.38. The Bertz CT molecular complexity index is 647. The van der Waals surface area contributed by atoms with Crippen molar-refractivity contribution >= 4 is 39.1 Å². The Morgan fingerprint density at radius 1 is 1.20 bits per heavy atom. The maximum atomic E-state index is 6.14. The third-order valence-corrected chi connectivity index (χ3v) is 3.83. The third-order valence-electron chi connectivity index (χ3n) is 2.68. The zero-order chi connectivity index (χ0) is 14.9. The van der Waals surface area contributed by atoms with Gasteiger partial charge in [0, 0.05) is 16.0 Å². The second-order valence-electron chi connectivity index (χ2n) is 4.63. The van der Waals surface area contributed by atoms with Crippen LogP contribution in [0.15, 0.2) is 22.7 Å². The summed E-state index contributed by atoms with van der Waals surface area (Å²) in [6.07, 6.45) is 0. The molecule has 0 bridgehead atoms. The van der Waals surface area contributed by atoms with Crippen molar-refractivity contribution in [2.75, 3.05) is 0 Å². The minimum atomic E-state index is 0.163. The molecule has 0 fully saturated rings. The van der Waals surface area contributed by atoms with Crippen LogP contribution in [0, 0.1) is 6.92 Å². The molecule has 0 radical (unpaired) electrons. The van der Waals surface area contributed by atoms with Gasteiger partial charge in [0.05, 0.1) is 5.02 Å². The van der Waals surface area contributed by atoms with Gasteiger partial charge in [-0.25, -0.2) is 4.98 Å². The first-order valence-corrected chi connectivity index (χ1v) is 7.60. The Morgan fingerprint density at radius 2 is 1.90 bits per heavy atom. The van der Waals surface area contributed by atoms with Gasteiger partial charge in [-0.3, -0.25) is 0 Å². The number of benzene rings is 1. The molecule has 106 valence electrons. The van der Waals surface area contributed by atoms with E-state index in [1.807, 2.05) is 26.8 Å². The second-order valence-corrected chi connectivity index (χ2v) is 6.32. The van der Waals surface area contributed by atoms with Crippen LogP contribution in [0.1, 0.15) is 31.2 Å². The van der Waals surface area contributed by atoms with E-state index in [2.05, 4.69) is 25.9 Å². The average molecular weight is 376 g/mol. The molecule has 0 aliphatic carbocycles. The van der Waals surface area contributed by atoms with Gasteiger partial charge in [0.1, 0.15) is 16.7 Å². The Hall–Kier alpha value is -0.840. The summed E-state index contributed by atoms with van der Waals surface area (Å²) >= 11 is 15.6. The Kier molecular flexibility index (Phi) is 4.89. The quantitative estimate of drug-likeness (QED) is 0.638. The van der Waals surface area contributed by atoms with Crippen LogP contribution in [-0.2, 0) is 0 Å². The number of nitrogens with zero attached hydrogens (tertiary/aromatic N) is 2. The lowest BCUT2D eigenvalue weighted by Gasteiger charge is -2.12. The van der Waals surface area contributed by atoms with Crippen LogP contribution >= 0.6 is 39.1 Å². The largest absolute Gasteiger partial charge is 0.437 e. The van der Waals surface area contributed by atoms with Crippen molar-refractivity contribution in [1.82, 2.24) is 9.97 Å². The van der Waals surface area contributed by atoms with E-state index in [1.54, 1.807) is 12.1 Å². The molecule has 6 heteroatoms. The van der Waals surface area contributed by atoms with Crippen molar-refractivity contribution < 1.29 is 4.74 Å². The van der Waals surface area contributed by atoms with Gasteiger partial charge in [-0.15, -0.1) is 0 Å². The standard InChI is InChI=1S/C14H13BrCl2N2O/c1-7(2)13-18-12(17)8(3)14(19-13)20-11-5-4-9(15)6-10(11)16/h4-7H,1-3H3. The molecule has 0 spiro atoms. The monoisotopic (exact) mass is 374 g/mol. The Balaban J connectivity index is 2.42. The van der Waals surface area contributed by atoms with Gasteiger partial charge in [-0.2, -0.15) is 4.98 Å². The predicted molar refractivity (Wildman–Crippen MR) is 85.1 cm³/mol. The molecular formula is C14H13BrCl2N2O. The number of hydrogen-bond donors (Lipinski definition) is 0.